The Labute approximate surface area is 170 Å². The number of nitrogens with one attached hydrogen (secondary N) is 2. The summed E-state index contributed by atoms with van der Waals surface area (Å²) in [4.78, 5) is 4.92. The third-order valence-electron chi connectivity index (χ3n) is 5.53. The first-order valence-electron chi connectivity index (χ1n) is 10.2. The molecule has 150 valence electrons. The summed E-state index contributed by atoms with van der Waals surface area (Å²) in [5.41, 5.74) is 8.13. The maximum absolute atomic E-state index is 4.92. The number of aryl methyl sites for hydroxylation is 2. The zero-order chi connectivity index (χ0) is 20.4. The van der Waals surface area contributed by atoms with Crippen LogP contribution in [0.25, 0.3) is 0 Å². The first-order chi connectivity index (χ1) is 13.2. The molecule has 2 aromatic carbocycles. The first-order valence-corrected chi connectivity index (χ1v) is 10.2. The molecule has 0 radical (unpaired) electrons. The smallest absolute Gasteiger partial charge is 0.215 e. The van der Waals surface area contributed by atoms with Crippen molar-refractivity contribution in [3.8, 4) is 0 Å². The summed E-state index contributed by atoms with van der Waals surface area (Å²) in [6.07, 6.45) is 3.56. The van der Waals surface area contributed by atoms with Gasteiger partial charge in [-0.15, -0.1) is 0 Å². The van der Waals surface area contributed by atoms with E-state index in [1.54, 1.807) is 0 Å². The standard InChI is InChI=1S/C24H34N4/c1-18-10-7-12-20(16-18)25-22(26-21-13-8-11-19(2)17-21)27-28-23(3,4)14-9-15-24(28,5)6/h7-8,10-13,16-17H,9,14-15H2,1-6H3,(H2,25,26,27). The monoisotopic (exact) mass is 378 g/mol. The van der Waals surface area contributed by atoms with E-state index in [-0.39, 0.29) is 11.1 Å². The van der Waals surface area contributed by atoms with Crippen LogP contribution >= 0.6 is 0 Å². The zero-order valence-corrected chi connectivity index (χ0v) is 18.1. The lowest BCUT2D eigenvalue weighted by Gasteiger charge is -2.52. The SMILES string of the molecule is Cc1cccc(N=C(Nc2cccc(C)c2)NN2C(C)(C)CCCC2(C)C)c1. The van der Waals surface area contributed by atoms with E-state index in [0.29, 0.717) is 0 Å². The molecule has 2 N–H and O–H groups in total. The molecule has 28 heavy (non-hydrogen) atoms. The molecular weight excluding hydrogens is 344 g/mol. The van der Waals surface area contributed by atoms with Crippen LogP contribution in [0.1, 0.15) is 58.1 Å². The van der Waals surface area contributed by atoms with Gasteiger partial charge in [0.2, 0.25) is 5.96 Å². The fourth-order valence-electron chi connectivity index (χ4n) is 4.17. The Morgan fingerprint density at radius 3 is 2.11 bits per heavy atom. The maximum Gasteiger partial charge on any atom is 0.215 e. The summed E-state index contributed by atoms with van der Waals surface area (Å²) < 4.78 is 0. The topological polar surface area (TPSA) is 39.7 Å². The molecular formula is C24H34N4. The summed E-state index contributed by atoms with van der Waals surface area (Å²) in [6.45, 7) is 13.4. The van der Waals surface area contributed by atoms with Gasteiger partial charge in [-0.2, -0.15) is 0 Å². The lowest BCUT2D eigenvalue weighted by atomic mass is 9.82. The van der Waals surface area contributed by atoms with Gasteiger partial charge in [-0.3, -0.25) is 5.43 Å². The molecule has 0 bridgehead atoms. The molecule has 4 nitrogen and oxygen atoms in total. The number of hydrogen-bond acceptors (Lipinski definition) is 2. The molecule has 1 aliphatic heterocycles. The normalized spacial score (nSPS) is 19.3. The van der Waals surface area contributed by atoms with Crippen LogP contribution in [-0.2, 0) is 0 Å². The van der Waals surface area contributed by atoms with Gasteiger partial charge in [0, 0.05) is 16.8 Å². The number of guanidine groups is 1. The van der Waals surface area contributed by atoms with Crippen LogP contribution in [0, 0.1) is 13.8 Å². The molecule has 4 heteroatoms. The molecule has 0 unspecified atom stereocenters. The Balaban J connectivity index is 1.95. The predicted molar refractivity (Wildman–Crippen MR) is 120 cm³/mol. The minimum absolute atomic E-state index is 0.0450. The van der Waals surface area contributed by atoms with Crippen molar-refractivity contribution < 1.29 is 0 Å². The fourth-order valence-corrected chi connectivity index (χ4v) is 4.17. The summed E-state index contributed by atoms with van der Waals surface area (Å²) in [5.74, 6) is 0.749. The van der Waals surface area contributed by atoms with Gasteiger partial charge < -0.3 is 5.32 Å². The van der Waals surface area contributed by atoms with Crippen LogP contribution in [-0.4, -0.2) is 22.0 Å². The van der Waals surface area contributed by atoms with Gasteiger partial charge in [0.05, 0.1) is 5.69 Å². The summed E-state index contributed by atoms with van der Waals surface area (Å²) in [6, 6.07) is 16.7. The molecule has 0 saturated carbocycles. The van der Waals surface area contributed by atoms with Crippen molar-refractivity contribution in [2.75, 3.05) is 5.32 Å². The van der Waals surface area contributed by atoms with Crippen molar-refractivity contribution >= 4 is 17.3 Å². The van der Waals surface area contributed by atoms with E-state index >= 15 is 0 Å². The number of aliphatic imine (C=N–C) groups is 1. The largest absolute Gasteiger partial charge is 0.325 e. The van der Waals surface area contributed by atoms with Crippen molar-refractivity contribution in [1.29, 1.82) is 0 Å². The van der Waals surface area contributed by atoms with E-state index in [2.05, 4.69) is 93.7 Å². The van der Waals surface area contributed by atoms with Crippen LogP contribution in [0.4, 0.5) is 11.4 Å². The van der Waals surface area contributed by atoms with Crippen molar-refractivity contribution in [2.45, 2.75) is 71.9 Å². The number of anilines is 1. The van der Waals surface area contributed by atoms with Gasteiger partial charge in [-0.1, -0.05) is 24.3 Å². The number of piperidine rings is 1. The second-order valence-corrected chi connectivity index (χ2v) is 9.22. The van der Waals surface area contributed by atoms with Crippen LogP contribution in [0.2, 0.25) is 0 Å². The molecule has 3 rings (SSSR count). The average molecular weight is 379 g/mol. The molecule has 1 fully saturated rings. The number of nitrogens with zero attached hydrogens (tertiary/aromatic N) is 2. The van der Waals surface area contributed by atoms with Gasteiger partial charge in [0.15, 0.2) is 0 Å². The number of benzene rings is 2. The van der Waals surface area contributed by atoms with E-state index in [9.17, 15) is 0 Å². The highest BCUT2D eigenvalue weighted by molar-refractivity contribution is 5.95. The van der Waals surface area contributed by atoms with Crippen LogP contribution in [0.5, 0.6) is 0 Å². The third-order valence-corrected chi connectivity index (χ3v) is 5.53. The highest BCUT2D eigenvalue weighted by atomic mass is 15.6. The highest BCUT2D eigenvalue weighted by Gasteiger charge is 2.42. The lowest BCUT2D eigenvalue weighted by Crippen LogP contribution is -2.66. The highest BCUT2D eigenvalue weighted by Crippen LogP contribution is 2.36. The van der Waals surface area contributed by atoms with Crippen molar-refractivity contribution in [3.05, 3.63) is 59.7 Å². The van der Waals surface area contributed by atoms with Crippen molar-refractivity contribution in [3.63, 3.8) is 0 Å². The number of hydrogen-bond donors (Lipinski definition) is 2. The Bertz CT molecular complexity index is 835. The Morgan fingerprint density at radius 2 is 1.50 bits per heavy atom. The molecule has 0 atom stereocenters. The quantitative estimate of drug-likeness (QED) is 0.512. The Kier molecular flexibility index (Phi) is 5.80. The third kappa shape index (κ3) is 4.93. The van der Waals surface area contributed by atoms with Crippen LogP contribution < -0.4 is 10.7 Å². The second-order valence-electron chi connectivity index (χ2n) is 9.22. The predicted octanol–water partition coefficient (Wildman–Crippen LogP) is 5.95. The summed E-state index contributed by atoms with van der Waals surface area (Å²) in [5, 5.41) is 5.88. The molecule has 2 aromatic rings. The minimum Gasteiger partial charge on any atom is -0.325 e. The van der Waals surface area contributed by atoms with E-state index in [0.717, 1.165) is 30.2 Å². The van der Waals surface area contributed by atoms with Gasteiger partial charge in [0.25, 0.3) is 0 Å². The second kappa shape index (κ2) is 7.96. The summed E-state index contributed by atoms with van der Waals surface area (Å²) in [7, 11) is 0. The Hall–Kier alpha value is -2.33. The van der Waals surface area contributed by atoms with Gasteiger partial charge in [-0.25, -0.2) is 10.0 Å². The van der Waals surface area contributed by atoms with Crippen molar-refractivity contribution in [1.82, 2.24) is 10.4 Å². The van der Waals surface area contributed by atoms with Gasteiger partial charge in [0.1, 0.15) is 0 Å². The zero-order valence-electron chi connectivity index (χ0n) is 18.1. The van der Waals surface area contributed by atoms with E-state index in [1.807, 2.05) is 12.1 Å². The van der Waals surface area contributed by atoms with Crippen LogP contribution in [0.3, 0.4) is 0 Å². The molecule has 1 aliphatic rings. The van der Waals surface area contributed by atoms with Crippen molar-refractivity contribution in [2.24, 2.45) is 4.99 Å². The molecule has 0 spiro atoms. The average Bonchev–Trinajstić information content (AvgIpc) is 2.58. The van der Waals surface area contributed by atoms with Gasteiger partial charge >= 0.3 is 0 Å². The van der Waals surface area contributed by atoms with Crippen LogP contribution in [0.15, 0.2) is 53.5 Å². The summed E-state index contributed by atoms with van der Waals surface area (Å²) >= 11 is 0. The maximum atomic E-state index is 4.92. The molecule has 0 amide bonds. The van der Waals surface area contributed by atoms with E-state index in [1.165, 1.54) is 17.5 Å². The van der Waals surface area contributed by atoms with E-state index in [4.69, 9.17) is 4.99 Å². The molecule has 1 saturated heterocycles. The minimum atomic E-state index is 0.0450. The molecule has 0 aromatic heterocycles. The molecule has 0 aliphatic carbocycles. The van der Waals surface area contributed by atoms with E-state index < -0.39 is 0 Å². The molecule has 1 heterocycles. The number of hydrazine groups is 1. The first kappa shape index (κ1) is 20.4. The van der Waals surface area contributed by atoms with Gasteiger partial charge in [-0.05, 0) is 96.2 Å². The lowest BCUT2D eigenvalue weighted by molar-refractivity contribution is -0.0509. The number of rotatable bonds is 3. The fraction of sp³-hybridized carbons (Fsp3) is 0.458. The Morgan fingerprint density at radius 1 is 0.893 bits per heavy atom.